The monoisotopic (exact) mass is 267 g/mol. The molecule has 0 saturated carbocycles. The number of nitrogens with one attached hydrogen (secondary N) is 1. The van der Waals surface area contributed by atoms with Crippen LogP contribution in [0.5, 0.6) is 0 Å². The van der Waals surface area contributed by atoms with Crippen LogP contribution < -0.4 is 11.3 Å². The van der Waals surface area contributed by atoms with E-state index < -0.39 is 0 Å². The van der Waals surface area contributed by atoms with Gasteiger partial charge in [0.15, 0.2) is 0 Å². The lowest BCUT2D eigenvalue weighted by atomic mass is 10.1. The number of benzene rings is 1. The van der Waals surface area contributed by atoms with Crippen LogP contribution in [0.3, 0.4) is 0 Å². The molecule has 0 radical (unpaired) electrons. The largest absolute Gasteiger partial charge is 0.331 e. The Bertz CT molecular complexity index is 378. The van der Waals surface area contributed by atoms with Gasteiger partial charge >= 0.3 is 6.03 Å². The lowest BCUT2D eigenvalue weighted by molar-refractivity contribution is 0.209. The molecule has 0 aliphatic rings. The summed E-state index contributed by atoms with van der Waals surface area (Å²) < 4.78 is 0. The van der Waals surface area contributed by atoms with Crippen molar-refractivity contribution in [2.24, 2.45) is 5.84 Å². The van der Waals surface area contributed by atoms with E-state index in [1.807, 2.05) is 11.8 Å². The highest BCUT2D eigenvalue weighted by molar-refractivity contribution is 7.99. The van der Waals surface area contributed by atoms with Crippen LogP contribution in [0.2, 0.25) is 0 Å². The molecule has 4 nitrogen and oxygen atoms in total. The number of hydrogen-bond donors (Lipinski definition) is 2. The molecule has 0 aliphatic heterocycles. The second-order valence-corrected chi connectivity index (χ2v) is 6.08. The molecule has 0 atom stereocenters. The fourth-order valence-electron chi connectivity index (χ4n) is 1.52. The van der Waals surface area contributed by atoms with Crippen molar-refractivity contribution in [2.45, 2.75) is 30.4 Å². The number of rotatable bonds is 5. The fraction of sp³-hybridized carbons (Fsp3) is 0.462. The molecule has 0 heterocycles. The summed E-state index contributed by atoms with van der Waals surface area (Å²) >= 11 is 1.85. The van der Waals surface area contributed by atoms with E-state index >= 15 is 0 Å². The van der Waals surface area contributed by atoms with Gasteiger partial charge in [-0.2, -0.15) is 0 Å². The lowest BCUT2D eigenvalue weighted by Gasteiger charge is -2.16. The fourth-order valence-corrected chi connectivity index (χ4v) is 2.35. The van der Waals surface area contributed by atoms with Gasteiger partial charge in [-0.05, 0) is 24.1 Å². The number of nitrogens with two attached hydrogens (primary N) is 1. The first kappa shape index (κ1) is 14.9. The molecule has 100 valence electrons. The lowest BCUT2D eigenvalue weighted by Crippen LogP contribution is -2.41. The van der Waals surface area contributed by atoms with Gasteiger partial charge in [-0.3, -0.25) is 5.43 Å². The van der Waals surface area contributed by atoms with Crippen LogP contribution in [0.1, 0.15) is 19.4 Å². The van der Waals surface area contributed by atoms with E-state index in [2.05, 4.69) is 43.5 Å². The summed E-state index contributed by atoms with van der Waals surface area (Å²) in [5.74, 6) is 5.06. The molecule has 3 N–H and O–H groups in total. The van der Waals surface area contributed by atoms with E-state index in [1.165, 1.54) is 10.5 Å². The van der Waals surface area contributed by atoms with Crippen LogP contribution in [0.4, 0.5) is 4.79 Å². The maximum Gasteiger partial charge on any atom is 0.331 e. The van der Waals surface area contributed by atoms with Crippen molar-refractivity contribution in [2.75, 3.05) is 13.6 Å². The minimum Gasteiger partial charge on any atom is -0.326 e. The Morgan fingerprint density at radius 2 is 2.00 bits per heavy atom. The van der Waals surface area contributed by atoms with Crippen molar-refractivity contribution in [1.82, 2.24) is 10.3 Å². The average molecular weight is 267 g/mol. The van der Waals surface area contributed by atoms with Crippen LogP contribution in [-0.2, 0) is 6.42 Å². The molecule has 0 unspecified atom stereocenters. The van der Waals surface area contributed by atoms with Gasteiger partial charge in [0.25, 0.3) is 0 Å². The Morgan fingerprint density at radius 1 is 1.39 bits per heavy atom. The van der Waals surface area contributed by atoms with Gasteiger partial charge in [0.2, 0.25) is 0 Å². The predicted octanol–water partition coefficient (Wildman–Crippen LogP) is 2.24. The highest BCUT2D eigenvalue weighted by Gasteiger charge is 2.06. The van der Waals surface area contributed by atoms with Gasteiger partial charge in [0, 0.05) is 23.7 Å². The predicted molar refractivity (Wildman–Crippen MR) is 76.5 cm³/mol. The maximum atomic E-state index is 11.2. The summed E-state index contributed by atoms with van der Waals surface area (Å²) in [6, 6.07) is 8.21. The van der Waals surface area contributed by atoms with Gasteiger partial charge in [0.05, 0.1) is 0 Å². The first-order valence-electron chi connectivity index (χ1n) is 6.00. The molecule has 0 fully saturated rings. The summed E-state index contributed by atoms with van der Waals surface area (Å²) in [5, 5.41) is 0.593. The van der Waals surface area contributed by atoms with Crippen molar-refractivity contribution in [3.8, 4) is 0 Å². The normalized spacial score (nSPS) is 10.5. The molecule has 2 amide bonds. The zero-order valence-electron chi connectivity index (χ0n) is 11.1. The minimum atomic E-state index is -0.262. The molecule has 18 heavy (non-hydrogen) atoms. The number of likely N-dealkylation sites (N-methyl/N-ethyl adjacent to an activating group) is 1. The van der Waals surface area contributed by atoms with E-state index in [1.54, 1.807) is 11.9 Å². The van der Waals surface area contributed by atoms with Crippen molar-refractivity contribution in [3.63, 3.8) is 0 Å². The SMILES string of the molecule is CC(C)Sc1ccc(CCN(C)C(=O)NN)cc1. The average Bonchev–Trinajstić information content (AvgIpc) is 2.36. The smallest absolute Gasteiger partial charge is 0.326 e. The Balaban J connectivity index is 2.46. The molecule has 0 saturated heterocycles. The number of thioether (sulfide) groups is 1. The first-order valence-corrected chi connectivity index (χ1v) is 6.88. The van der Waals surface area contributed by atoms with Crippen LogP contribution in [-0.4, -0.2) is 29.8 Å². The highest BCUT2D eigenvalue weighted by Crippen LogP contribution is 2.22. The van der Waals surface area contributed by atoms with Gasteiger partial charge in [-0.1, -0.05) is 26.0 Å². The zero-order valence-corrected chi connectivity index (χ0v) is 12.0. The number of carbonyl (C=O) groups is 1. The molecule has 1 aromatic rings. The Hall–Kier alpha value is -1.20. The third-order valence-corrected chi connectivity index (χ3v) is 3.52. The van der Waals surface area contributed by atoms with E-state index in [9.17, 15) is 4.79 Å². The maximum absolute atomic E-state index is 11.2. The van der Waals surface area contributed by atoms with Crippen molar-refractivity contribution < 1.29 is 4.79 Å². The summed E-state index contributed by atoms with van der Waals surface area (Å²) in [5.41, 5.74) is 3.34. The van der Waals surface area contributed by atoms with E-state index in [0.29, 0.717) is 11.8 Å². The van der Waals surface area contributed by atoms with Crippen molar-refractivity contribution >= 4 is 17.8 Å². The molecule has 0 aliphatic carbocycles. The standard InChI is InChI=1S/C13H21N3OS/c1-10(2)18-12-6-4-11(5-7-12)8-9-16(3)13(17)15-14/h4-7,10H,8-9,14H2,1-3H3,(H,15,17). The second-order valence-electron chi connectivity index (χ2n) is 4.43. The summed E-state index contributed by atoms with van der Waals surface area (Å²) in [4.78, 5) is 14.0. The molecule has 0 aromatic heterocycles. The first-order chi connectivity index (χ1) is 8.52. The zero-order chi connectivity index (χ0) is 13.5. The Kier molecular flexibility index (Phi) is 6.01. The number of hydrazine groups is 1. The van der Waals surface area contributed by atoms with Crippen molar-refractivity contribution in [1.29, 1.82) is 0 Å². The molecular formula is C13H21N3OS. The van der Waals surface area contributed by atoms with Crippen LogP contribution >= 0.6 is 11.8 Å². The van der Waals surface area contributed by atoms with E-state index in [-0.39, 0.29) is 6.03 Å². The van der Waals surface area contributed by atoms with Gasteiger partial charge in [-0.15, -0.1) is 11.8 Å². The van der Waals surface area contributed by atoms with E-state index in [4.69, 9.17) is 5.84 Å². The Labute approximate surface area is 113 Å². The molecule has 1 aromatic carbocycles. The van der Waals surface area contributed by atoms with Crippen LogP contribution in [0, 0.1) is 0 Å². The van der Waals surface area contributed by atoms with E-state index in [0.717, 1.165) is 6.42 Å². The molecule has 1 rings (SSSR count). The number of nitrogens with zero attached hydrogens (tertiary/aromatic N) is 1. The Morgan fingerprint density at radius 3 is 2.50 bits per heavy atom. The molecule has 0 bridgehead atoms. The highest BCUT2D eigenvalue weighted by atomic mass is 32.2. The number of amides is 2. The quantitative estimate of drug-likeness (QED) is 0.372. The summed E-state index contributed by atoms with van der Waals surface area (Å²) in [6.45, 7) is 5.01. The topological polar surface area (TPSA) is 58.4 Å². The van der Waals surface area contributed by atoms with Crippen LogP contribution in [0.15, 0.2) is 29.2 Å². The number of hydrogen-bond acceptors (Lipinski definition) is 3. The summed E-state index contributed by atoms with van der Waals surface area (Å²) in [6.07, 6.45) is 0.830. The number of urea groups is 1. The van der Waals surface area contributed by atoms with Gasteiger partial charge in [-0.25, -0.2) is 10.6 Å². The van der Waals surface area contributed by atoms with Crippen molar-refractivity contribution in [3.05, 3.63) is 29.8 Å². The molecular weight excluding hydrogens is 246 g/mol. The number of carbonyl (C=O) groups excluding carboxylic acids is 1. The third-order valence-electron chi connectivity index (χ3n) is 2.50. The second kappa shape index (κ2) is 7.28. The molecule has 0 spiro atoms. The summed E-state index contributed by atoms with van der Waals surface area (Å²) in [7, 11) is 1.73. The van der Waals surface area contributed by atoms with Crippen LogP contribution in [0.25, 0.3) is 0 Å². The minimum absolute atomic E-state index is 0.262. The van der Waals surface area contributed by atoms with Gasteiger partial charge < -0.3 is 4.90 Å². The third kappa shape index (κ3) is 4.98. The molecule has 5 heteroatoms. The van der Waals surface area contributed by atoms with Gasteiger partial charge in [0.1, 0.15) is 0 Å².